The summed E-state index contributed by atoms with van der Waals surface area (Å²) in [6.07, 6.45) is 8.80. The Morgan fingerprint density at radius 3 is 2.73 bits per heavy atom. The molecule has 3 unspecified atom stereocenters. The van der Waals surface area contributed by atoms with Gasteiger partial charge < -0.3 is 9.84 Å². The molecule has 2 fully saturated rings. The van der Waals surface area contributed by atoms with Crippen LogP contribution in [-0.2, 0) is 4.74 Å². The maximum absolute atomic E-state index is 9.96. The molecule has 2 nitrogen and oxygen atoms in total. The van der Waals surface area contributed by atoms with Gasteiger partial charge in [0.15, 0.2) is 0 Å². The van der Waals surface area contributed by atoms with E-state index in [9.17, 15) is 5.11 Å². The lowest BCUT2D eigenvalue weighted by Gasteiger charge is -2.18. The number of aliphatic hydroxyl groups is 1. The summed E-state index contributed by atoms with van der Waals surface area (Å²) in [7, 11) is 0. The van der Waals surface area contributed by atoms with Crippen molar-refractivity contribution in [2.75, 3.05) is 6.61 Å². The fourth-order valence-corrected chi connectivity index (χ4v) is 2.63. The van der Waals surface area contributed by atoms with E-state index in [0.29, 0.717) is 12.0 Å². The lowest BCUT2D eigenvalue weighted by molar-refractivity contribution is 0.0756. The fourth-order valence-electron chi connectivity index (χ4n) is 2.63. The Kier molecular flexibility index (Phi) is 4.04. The zero-order valence-corrected chi connectivity index (χ0v) is 9.82. The number of aliphatic hydroxyl groups excluding tert-OH is 1. The minimum absolute atomic E-state index is 0.0705. The van der Waals surface area contributed by atoms with Gasteiger partial charge in [-0.05, 0) is 56.8 Å². The van der Waals surface area contributed by atoms with Crippen molar-refractivity contribution >= 4 is 0 Å². The van der Waals surface area contributed by atoms with Gasteiger partial charge in [0, 0.05) is 6.61 Å². The van der Waals surface area contributed by atoms with Crippen molar-refractivity contribution in [3.63, 3.8) is 0 Å². The van der Waals surface area contributed by atoms with Gasteiger partial charge in [-0.1, -0.05) is 6.92 Å². The molecule has 0 aromatic rings. The second-order valence-electron chi connectivity index (χ2n) is 5.33. The molecule has 2 heteroatoms. The van der Waals surface area contributed by atoms with Gasteiger partial charge in [-0.3, -0.25) is 0 Å². The van der Waals surface area contributed by atoms with Crippen LogP contribution < -0.4 is 0 Å². The zero-order chi connectivity index (χ0) is 10.7. The first-order valence-corrected chi connectivity index (χ1v) is 6.57. The smallest absolute Gasteiger partial charge is 0.0576 e. The van der Waals surface area contributed by atoms with E-state index in [1.807, 2.05) is 0 Å². The van der Waals surface area contributed by atoms with Crippen molar-refractivity contribution in [2.24, 2.45) is 11.8 Å². The lowest BCUT2D eigenvalue weighted by atomic mass is 9.94. The van der Waals surface area contributed by atoms with E-state index in [0.717, 1.165) is 31.8 Å². The molecule has 88 valence electrons. The van der Waals surface area contributed by atoms with E-state index in [1.165, 1.54) is 25.7 Å². The maximum Gasteiger partial charge on any atom is 0.0576 e. The minimum atomic E-state index is -0.0705. The minimum Gasteiger partial charge on any atom is -0.393 e. The molecule has 3 atom stereocenters. The second kappa shape index (κ2) is 5.31. The zero-order valence-electron chi connectivity index (χ0n) is 9.82. The van der Waals surface area contributed by atoms with E-state index in [1.54, 1.807) is 0 Å². The van der Waals surface area contributed by atoms with Crippen molar-refractivity contribution in [1.29, 1.82) is 0 Å². The lowest BCUT2D eigenvalue weighted by Crippen LogP contribution is -2.19. The fraction of sp³-hybridized carbons (Fsp3) is 1.00. The summed E-state index contributed by atoms with van der Waals surface area (Å²) in [5, 5.41) is 9.96. The van der Waals surface area contributed by atoms with Crippen LogP contribution in [0.1, 0.15) is 51.9 Å². The maximum atomic E-state index is 9.96. The Morgan fingerprint density at radius 1 is 1.33 bits per heavy atom. The number of rotatable bonds is 6. The average Bonchev–Trinajstić information content (AvgIpc) is 2.96. The third-order valence-corrected chi connectivity index (χ3v) is 4.02. The van der Waals surface area contributed by atoms with Crippen LogP contribution in [0.15, 0.2) is 0 Å². The van der Waals surface area contributed by atoms with Crippen LogP contribution >= 0.6 is 0 Å². The van der Waals surface area contributed by atoms with Gasteiger partial charge in [0.25, 0.3) is 0 Å². The summed E-state index contributed by atoms with van der Waals surface area (Å²) in [6, 6.07) is 0. The topological polar surface area (TPSA) is 29.5 Å². The highest BCUT2D eigenvalue weighted by Gasteiger charge is 2.32. The molecule has 1 aliphatic carbocycles. The van der Waals surface area contributed by atoms with Crippen LogP contribution in [0.25, 0.3) is 0 Å². The van der Waals surface area contributed by atoms with Crippen molar-refractivity contribution in [3.8, 4) is 0 Å². The highest BCUT2D eigenvalue weighted by Crippen LogP contribution is 2.39. The molecule has 0 aromatic carbocycles. The molecular weight excluding hydrogens is 188 g/mol. The van der Waals surface area contributed by atoms with Gasteiger partial charge in [-0.15, -0.1) is 0 Å². The van der Waals surface area contributed by atoms with Crippen LogP contribution in [0.2, 0.25) is 0 Å². The predicted molar refractivity (Wildman–Crippen MR) is 60.7 cm³/mol. The first-order valence-electron chi connectivity index (χ1n) is 6.57. The molecule has 15 heavy (non-hydrogen) atoms. The van der Waals surface area contributed by atoms with Crippen LogP contribution in [0, 0.1) is 11.8 Å². The first-order chi connectivity index (χ1) is 7.27. The third-order valence-electron chi connectivity index (χ3n) is 4.02. The number of hydrogen-bond acceptors (Lipinski definition) is 2. The van der Waals surface area contributed by atoms with Crippen LogP contribution in [-0.4, -0.2) is 23.9 Å². The van der Waals surface area contributed by atoms with E-state index in [2.05, 4.69) is 6.92 Å². The Morgan fingerprint density at radius 2 is 2.13 bits per heavy atom. The standard InChI is InChI=1S/C13H24O2/c1-10(11-7-8-11)13(14)6-2-4-12-5-3-9-15-12/h10-14H,2-9H2,1H3. The summed E-state index contributed by atoms with van der Waals surface area (Å²) >= 11 is 0. The SMILES string of the molecule is CC(C(O)CCCC1CCCO1)C1CC1. The van der Waals surface area contributed by atoms with Crippen LogP contribution in [0.3, 0.4) is 0 Å². The van der Waals surface area contributed by atoms with Gasteiger partial charge in [-0.25, -0.2) is 0 Å². The number of ether oxygens (including phenoxy) is 1. The largest absolute Gasteiger partial charge is 0.393 e. The van der Waals surface area contributed by atoms with Crippen molar-refractivity contribution in [3.05, 3.63) is 0 Å². The molecule has 1 N–H and O–H groups in total. The Hall–Kier alpha value is -0.0800. The average molecular weight is 212 g/mol. The van der Waals surface area contributed by atoms with E-state index in [-0.39, 0.29) is 6.10 Å². The van der Waals surface area contributed by atoms with Gasteiger partial charge in [0.05, 0.1) is 12.2 Å². The van der Waals surface area contributed by atoms with Gasteiger partial charge in [-0.2, -0.15) is 0 Å². The summed E-state index contributed by atoms with van der Waals surface area (Å²) in [4.78, 5) is 0. The summed E-state index contributed by atoms with van der Waals surface area (Å²) in [5.41, 5.74) is 0. The Labute approximate surface area is 93.0 Å². The quantitative estimate of drug-likeness (QED) is 0.733. The molecule has 0 amide bonds. The molecule has 0 radical (unpaired) electrons. The van der Waals surface area contributed by atoms with E-state index in [4.69, 9.17) is 4.74 Å². The predicted octanol–water partition coefficient (Wildman–Crippen LogP) is 2.74. The van der Waals surface area contributed by atoms with Gasteiger partial charge in [0.2, 0.25) is 0 Å². The summed E-state index contributed by atoms with van der Waals surface area (Å²) < 4.78 is 5.57. The molecule has 1 heterocycles. The number of hydrogen-bond donors (Lipinski definition) is 1. The molecule has 1 saturated heterocycles. The van der Waals surface area contributed by atoms with Gasteiger partial charge in [0.1, 0.15) is 0 Å². The molecule has 1 saturated carbocycles. The Bertz CT molecular complexity index is 183. The van der Waals surface area contributed by atoms with E-state index >= 15 is 0 Å². The molecule has 1 aliphatic heterocycles. The highest BCUT2D eigenvalue weighted by atomic mass is 16.5. The van der Waals surface area contributed by atoms with Crippen molar-refractivity contribution in [1.82, 2.24) is 0 Å². The summed E-state index contributed by atoms with van der Waals surface area (Å²) in [5.74, 6) is 1.34. The van der Waals surface area contributed by atoms with Crippen molar-refractivity contribution < 1.29 is 9.84 Å². The molecule has 0 spiro atoms. The monoisotopic (exact) mass is 212 g/mol. The van der Waals surface area contributed by atoms with Crippen LogP contribution in [0.5, 0.6) is 0 Å². The molecule has 0 aromatic heterocycles. The van der Waals surface area contributed by atoms with Crippen molar-refractivity contribution in [2.45, 2.75) is 64.1 Å². The first kappa shape index (κ1) is 11.4. The summed E-state index contributed by atoms with van der Waals surface area (Å²) in [6.45, 7) is 3.15. The van der Waals surface area contributed by atoms with Crippen LogP contribution in [0.4, 0.5) is 0 Å². The second-order valence-corrected chi connectivity index (χ2v) is 5.33. The molecule has 2 rings (SSSR count). The third kappa shape index (κ3) is 3.46. The van der Waals surface area contributed by atoms with E-state index < -0.39 is 0 Å². The Balaban J connectivity index is 1.55. The molecular formula is C13H24O2. The normalized spacial score (nSPS) is 30.4. The molecule has 2 aliphatic rings. The molecule has 0 bridgehead atoms. The van der Waals surface area contributed by atoms with Gasteiger partial charge >= 0.3 is 0 Å². The highest BCUT2D eigenvalue weighted by molar-refractivity contribution is 4.83.